The Morgan fingerprint density at radius 2 is 0.905 bits per heavy atom. The maximum Gasteiger partial charge on any atom is 0.183 e. The molecule has 0 heterocycles. The highest BCUT2D eigenvalue weighted by Crippen LogP contribution is 2.13. The third kappa shape index (κ3) is 20.2. The minimum absolute atomic E-state index is 0.990. The molecular formula is C19H41OSi. The minimum Gasteiger partial charge on any atom is -0.418 e. The van der Waals surface area contributed by atoms with Gasteiger partial charge in [0.1, 0.15) is 0 Å². The molecule has 0 unspecified atom stereocenters. The average Bonchev–Trinajstić information content (AvgIpc) is 2.42. The Kier molecular flexibility index (Phi) is 15.2. The van der Waals surface area contributed by atoms with Crippen molar-refractivity contribution in [2.75, 3.05) is 6.61 Å². The van der Waals surface area contributed by atoms with Crippen molar-refractivity contribution in [2.24, 2.45) is 0 Å². The van der Waals surface area contributed by atoms with E-state index in [1.54, 1.807) is 0 Å². The molecular weight excluding hydrogens is 272 g/mol. The van der Waals surface area contributed by atoms with E-state index in [2.05, 4.69) is 26.6 Å². The van der Waals surface area contributed by atoms with Crippen molar-refractivity contribution in [3.05, 3.63) is 6.92 Å². The zero-order valence-corrected chi connectivity index (χ0v) is 16.2. The van der Waals surface area contributed by atoms with Crippen LogP contribution < -0.4 is 0 Å². The average molecular weight is 314 g/mol. The molecule has 0 aliphatic carbocycles. The van der Waals surface area contributed by atoms with E-state index >= 15 is 0 Å². The first kappa shape index (κ1) is 21.2. The van der Waals surface area contributed by atoms with Gasteiger partial charge in [-0.2, -0.15) is 0 Å². The zero-order valence-electron chi connectivity index (χ0n) is 15.2. The van der Waals surface area contributed by atoms with Crippen LogP contribution in [0.4, 0.5) is 0 Å². The van der Waals surface area contributed by atoms with Gasteiger partial charge in [-0.05, 0) is 26.1 Å². The Morgan fingerprint density at radius 1 is 0.571 bits per heavy atom. The second-order valence-electron chi connectivity index (χ2n) is 7.41. The van der Waals surface area contributed by atoms with E-state index in [-0.39, 0.29) is 0 Å². The lowest BCUT2D eigenvalue weighted by Gasteiger charge is -2.16. The summed E-state index contributed by atoms with van der Waals surface area (Å²) in [6.07, 6.45) is 19.4. The molecule has 0 aromatic carbocycles. The summed E-state index contributed by atoms with van der Waals surface area (Å²) in [6.45, 7) is 11.7. The van der Waals surface area contributed by atoms with Crippen LogP contribution in [0.25, 0.3) is 0 Å². The molecule has 0 saturated carbocycles. The molecule has 2 heteroatoms. The van der Waals surface area contributed by atoms with Crippen LogP contribution in [0.15, 0.2) is 0 Å². The van der Waals surface area contributed by atoms with Gasteiger partial charge >= 0.3 is 0 Å². The van der Waals surface area contributed by atoms with E-state index in [0.29, 0.717) is 0 Å². The predicted molar refractivity (Wildman–Crippen MR) is 99.3 cm³/mol. The molecule has 1 nitrogen and oxygen atoms in total. The third-order valence-electron chi connectivity index (χ3n) is 3.93. The SMILES string of the molecule is [CH2]CCCCCCCCCCCCCCCO[Si](C)(C)C. The van der Waals surface area contributed by atoms with Crippen molar-refractivity contribution in [1.82, 2.24) is 0 Å². The van der Waals surface area contributed by atoms with Crippen LogP contribution in [0, 0.1) is 6.92 Å². The topological polar surface area (TPSA) is 9.23 Å². The first-order valence-corrected chi connectivity index (χ1v) is 12.9. The number of rotatable bonds is 16. The molecule has 0 aliphatic rings. The molecule has 127 valence electrons. The van der Waals surface area contributed by atoms with Crippen molar-refractivity contribution in [2.45, 2.75) is 110 Å². The van der Waals surface area contributed by atoms with Crippen molar-refractivity contribution in [3.63, 3.8) is 0 Å². The van der Waals surface area contributed by atoms with Gasteiger partial charge < -0.3 is 4.43 Å². The summed E-state index contributed by atoms with van der Waals surface area (Å²) in [5.74, 6) is 0. The van der Waals surface area contributed by atoms with Crippen LogP contribution in [0.5, 0.6) is 0 Å². The maximum absolute atomic E-state index is 5.87. The van der Waals surface area contributed by atoms with Gasteiger partial charge in [0, 0.05) is 6.61 Å². The Morgan fingerprint density at radius 3 is 1.24 bits per heavy atom. The first-order chi connectivity index (χ1) is 10.1. The summed E-state index contributed by atoms with van der Waals surface area (Å²) in [6, 6.07) is 0. The molecule has 0 saturated heterocycles. The van der Waals surface area contributed by atoms with Crippen molar-refractivity contribution in [1.29, 1.82) is 0 Å². The molecule has 0 amide bonds. The largest absolute Gasteiger partial charge is 0.418 e. The summed E-state index contributed by atoms with van der Waals surface area (Å²) in [5, 5.41) is 0. The highest BCUT2D eigenvalue weighted by atomic mass is 28.4. The summed E-state index contributed by atoms with van der Waals surface area (Å²) < 4.78 is 5.87. The molecule has 0 aromatic rings. The minimum atomic E-state index is -1.27. The Bertz CT molecular complexity index is 198. The molecule has 1 radical (unpaired) electrons. The highest BCUT2D eigenvalue weighted by molar-refractivity contribution is 6.69. The Labute approximate surface area is 136 Å². The molecule has 21 heavy (non-hydrogen) atoms. The summed E-state index contributed by atoms with van der Waals surface area (Å²) >= 11 is 0. The third-order valence-corrected chi connectivity index (χ3v) is 5.00. The second kappa shape index (κ2) is 15.1. The smallest absolute Gasteiger partial charge is 0.183 e. The molecule has 0 atom stereocenters. The first-order valence-electron chi connectivity index (χ1n) is 9.49. The van der Waals surface area contributed by atoms with Crippen LogP contribution >= 0.6 is 0 Å². The summed E-state index contributed by atoms with van der Waals surface area (Å²) in [7, 11) is -1.27. The number of hydrogen-bond donors (Lipinski definition) is 0. The Balaban J connectivity index is 3.00. The van der Waals surface area contributed by atoms with Crippen LogP contribution in [0.2, 0.25) is 19.6 Å². The van der Waals surface area contributed by atoms with Gasteiger partial charge in [0.2, 0.25) is 0 Å². The normalized spacial score (nSPS) is 12.0. The lowest BCUT2D eigenvalue weighted by Crippen LogP contribution is -2.25. The fourth-order valence-corrected chi connectivity index (χ4v) is 3.36. The van der Waals surface area contributed by atoms with Gasteiger partial charge in [-0.15, -0.1) is 0 Å². The fraction of sp³-hybridized carbons (Fsp3) is 0.947. The van der Waals surface area contributed by atoms with Crippen LogP contribution in [-0.2, 0) is 4.43 Å². The molecule has 0 bridgehead atoms. The van der Waals surface area contributed by atoms with Crippen LogP contribution in [0.3, 0.4) is 0 Å². The summed E-state index contributed by atoms with van der Waals surface area (Å²) in [5.41, 5.74) is 0. The zero-order chi connectivity index (χ0) is 15.8. The van der Waals surface area contributed by atoms with E-state index in [1.807, 2.05) is 0 Å². The van der Waals surface area contributed by atoms with Gasteiger partial charge in [0.15, 0.2) is 8.32 Å². The van der Waals surface area contributed by atoms with Crippen LogP contribution in [-0.4, -0.2) is 14.9 Å². The maximum atomic E-state index is 5.87. The lowest BCUT2D eigenvalue weighted by atomic mass is 10.0. The molecule has 0 rings (SSSR count). The van der Waals surface area contributed by atoms with Gasteiger partial charge in [0.25, 0.3) is 0 Å². The molecule has 0 fully saturated rings. The van der Waals surface area contributed by atoms with E-state index < -0.39 is 8.32 Å². The summed E-state index contributed by atoms with van der Waals surface area (Å²) in [4.78, 5) is 0. The lowest BCUT2D eigenvalue weighted by molar-refractivity contribution is 0.298. The number of hydrogen-bond acceptors (Lipinski definition) is 1. The van der Waals surface area contributed by atoms with E-state index in [9.17, 15) is 0 Å². The van der Waals surface area contributed by atoms with Gasteiger partial charge in [-0.3, -0.25) is 0 Å². The monoisotopic (exact) mass is 313 g/mol. The molecule has 0 aliphatic heterocycles. The number of unbranched alkanes of at least 4 members (excludes halogenated alkanes) is 13. The fourth-order valence-electron chi connectivity index (χ4n) is 2.60. The quantitative estimate of drug-likeness (QED) is 0.217. The van der Waals surface area contributed by atoms with Gasteiger partial charge in [-0.1, -0.05) is 90.4 Å². The van der Waals surface area contributed by atoms with Crippen LogP contribution in [0.1, 0.15) is 89.9 Å². The van der Waals surface area contributed by atoms with Gasteiger partial charge in [-0.25, -0.2) is 0 Å². The van der Waals surface area contributed by atoms with Gasteiger partial charge in [0.05, 0.1) is 0 Å². The van der Waals surface area contributed by atoms with Crippen molar-refractivity contribution in [3.8, 4) is 0 Å². The van der Waals surface area contributed by atoms with E-state index in [4.69, 9.17) is 4.43 Å². The van der Waals surface area contributed by atoms with Crippen molar-refractivity contribution >= 4 is 8.32 Å². The predicted octanol–water partition coefficient (Wildman–Crippen LogP) is 7.13. The molecule has 0 spiro atoms. The Hall–Kier alpha value is 0.177. The van der Waals surface area contributed by atoms with E-state index in [0.717, 1.165) is 13.0 Å². The second-order valence-corrected chi connectivity index (χ2v) is 11.9. The molecule has 0 N–H and O–H groups in total. The highest BCUT2D eigenvalue weighted by Gasteiger charge is 2.12. The van der Waals surface area contributed by atoms with E-state index in [1.165, 1.54) is 83.5 Å². The molecule has 0 aromatic heterocycles. The van der Waals surface area contributed by atoms with Crippen molar-refractivity contribution < 1.29 is 4.43 Å². The standard InChI is InChI=1S/C19H41OSi/c1-5-6-7-8-9-10-11-12-13-14-15-16-17-18-19-20-21(2,3)4/h1,5-19H2,2-4H3.